The molecule has 2 nitrogen and oxygen atoms in total. The van der Waals surface area contributed by atoms with Gasteiger partial charge in [0.2, 0.25) is 0 Å². The Kier molecular flexibility index (Phi) is 5.11. The summed E-state index contributed by atoms with van der Waals surface area (Å²) in [6.07, 6.45) is 8.63. The molecule has 3 saturated carbocycles. The van der Waals surface area contributed by atoms with Crippen LogP contribution >= 0.6 is 0 Å². The first-order valence-electron chi connectivity index (χ1n) is 9.41. The lowest BCUT2D eigenvalue weighted by Crippen LogP contribution is -2.69. The Hall–Kier alpha value is -0.673. The lowest BCUT2D eigenvalue weighted by atomic mass is 9.47. The molecule has 3 rings (SSSR count). The van der Waals surface area contributed by atoms with E-state index in [0.29, 0.717) is 18.1 Å². The molecule has 2 bridgehead atoms. The smallest absolute Gasteiger partial charge is 0.193 e. The van der Waals surface area contributed by atoms with E-state index in [1.807, 2.05) is 12.2 Å². The van der Waals surface area contributed by atoms with Gasteiger partial charge in [0.25, 0.3) is 0 Å². The SMILES string of the molecule is C=CC[C@@H]1C[C@H]2CC[C@]1(C)[C@](CC=C)(O[Si](C)(C)C(C)(C)C)C2=O. The molecule has 0 aromatic carbocycles. The van der Waals surface area contributed by atoms with Crippen LogP contribution in [0.15, 0.2) is 25.3 Å². The fourth-order valence-corrected chi connectivity index (χ4v) is 6.27. The second-order valence-corrected chi connectivity index (χ2v) is 14.4. The highest BCUT2D eigenvalue weighted by molar-refractivity contribution is 6.74. The van der Waals surface area contributed by atoms with Crippen LogP contribution in [0.4, 0.5) is 0 Å². The summed E-state index contributed by atoms with van der Waals surface area (Å²) in [5.74, 6) is 0.985. The van der Waals surface area contributed by atoms with Crippen molar-refractivity contribution >= 4 is 14.1 Å². The Morgan fingerprint density at radius 3 is 2.42 bits per heavy atom. The van der Waals surface area contributed by atoms with Crippen LogP contribution in [0, 0.1) is 17.3 Å². The van der Waals surface area contributed by atoms with E-state index in [1.165, 1.54) is 0 Å². The van der Waals surface area contributed by atoms with Crippen molar-refractivity contribution in [1.29, 1.82) is 0 Å². The number of carbonyl (C=O) groups excluding carboxylic acids is 1. The van der Waals surface area contributed by atoms with E-state index in [9.17, 15) is 4.79 Å². The lowest BCUT2D eigenvalue weighted by Gasteiger charge is -2.63. The molecule has 3 aliphatic carbocycles. The Labute approximate surface area is 149 Å². The van der Waals surface area contributed by atoms with E-state index >= 15 is 0 Å². The molecule has 0 saturated heterocycles. The van der Waals surface area contributed by atoms with Crippen molar-refractivity contribution in [3.8, 4) is 0 Å². The number of rotatable bonds is 6. The third kappa shape index (κ3) is 2.78. The minimum atomic E-state index is -2.08. The van der Waals surface area contributed by atoms with E-state index < -0.39 is 13.9 Å². The van der Waals surface area contributed by atoms with Crippen LogP contribution < -0.4 is 0 Å². The van der Waals surface area contributed by atoms with Crippen LogP contribution in [0.25, 0.3) is 0 Å². The molecule has 0 radical (unpaired) electrons. The minimum absolute atomic E-state index is 0.0857. The zero-order chi connectivity index (χ0) is 18.4. The third-order valence-corrected chi connectivity index (χ3v) is 11.8. The summed E-state index contributed by atoms with van der Waals surface area (Å²) in [7, 11) is -2.08. The van der Waals surface area contributed by atoms with Crippen molar-refractivity contribution in [1.82, 2.24) is 0 Å². The van der Waals surface area contributed by atoms with Gasteiger partial charge in [-0.25, -0.2) is 0 Å². The van der Waals surface area contributed by atoms with Gasteiger partial charge >= 0.3 is 0 Å². The van der Waals surface area contributed by atoms with Gasteiger partial charge in [0.15, 0.2) is 14.1 Å². The van der Waals surface area contributed by atoms with Gasteiger partial charge in [0, 0.05) is 17.8 Å². The Morgan fingerprint density at radius 1 is 1.29 bits per heavy atom. The number of carbonyl (C=O) groups is 1. The lowest BCUT2D eigenvalue weighted by molar-refractivity contribution is -0.186. The molecule has 0 heterocycles. The van der Waals surface area contributed by atoms with Crippen molar-refractivity contribution in [2.75, 3.05) is 0 Å². The molecule has 0 aromatic heterocycles. The highest BCUT2D eigenvalue weighted by Crippen LogP contribution is 2.62. The van der Waals surface area contributed by atoms with E-state index in [0.717, 1.165) is 25.7 Å². The summed E-state index contributed by atoms with van der Waals surface area (Å²) < 4.78 is 6.98. The summed E-state index contributed by atoms with van der Waals surface area (Å²) in [5.41, 5.74) is -0.802. The third-order valence-electron chi connectivity index (χ3n) is 7.29. The van der Waals surface area contributed by atoms with E-state index in [4.69, 9.17) is 4.43 Å². The number of Topliss-reactive ketones (excluding diaryl/α,β-unsaturated/α-hetero) is 1. The van der Waals surface area contributed by atoms with E-state index in [-0.39, 0.29) is 16.4 Å². The summed E-state index contributed by atoms with van der Waals surface area (Å²) >= 11 is 0. The molecule has 3 fully saturated rings. The Balaban J connectivity index is 2.55. The van der Waals surface area contributed by atoms with Gasteiger partial charge in [-0.2, -0.15) is 0 Å². The van der Waals surface area contributed by atoms with E-state index in [1.54, 1.807) is 0 Å². The van der Waals surface area contributed by atoms with Gasteiger partial charge in [-0.05, 0) is 49.7 Å². The normalized spacial score (nSPS) is 36.7. The van der Waals surface area contributed by atoms with Crippen LogP contribution in [0.2, 0.25) is 18.1 Å². The number of fused-ring (bicyclic) bond motifs is 3. The summed E-state index contributed by atoms with van der Waals surface area (Å²) in [6.45, 7) is 21.5. The number of ketones is 1. The summed E-state index contributed by atoms with van der Waals surface area (Å²) in [5, 5.41) is 0.0857. The second-order valence-electron chi connectivity index (χ2n) is 9.66. The zero-order valence-electron chi connectivity index (χ0n) is 16.6. The Morgan fingerprint density at radius 2 is 1.92 bits per heavy atom. The highest BCUT2D eigenvalue weighted by atomic mass is 28.4. The van der Waals surface area contributed by atoms with Gasteiger partial charge in [0.1, 0.15) is 5.60 Å². The van der Waals surface area contributed by atoms with Gasteiger partial charge in [0.05, 0.1) is 0 Å². The largest absolute Gasteiger partial charge is 0.403 e. The first-order chi connectivity index (χ1) is 10.9. The van der Waals surface area contributed by atoms with Gasteiger partial charge in [-0.3, -0.25) is 4.79 Å². The predicted octanol–water partition coefficient (Wildman–Crippen LogP) is 5.90. The van der Waals surface area contributed by atoms with Gasteiger partial charge in [-0.1, -0.05) is 39.8 Å². The van der Waals surface area contributed by atoms with Crippen molar-refractivity contribution < 1.29 is 9.22 Å². The molecule has 3 heteroatoms. The fraction of sp³-hybridized carbons (Fsp3) is 0.762. The first kappa shape index (κ1) is 19.6. The van der Waals surface area contributed by atoms with Crippen LogP contribution in [0.5, 0.6) is 0 Å². The average Bonchev–Trinajstić information content (AvgIpc) is 2.45. The molecule has 0 N–H and O–H groups in total. The summed E-state index contributed by atoms with van der Waals surface area (Å²) in [4.78, 5) is 13.5. The average molecular weight is 349 g/mol. The maximum absolute atomic E-state index is 13.5. The predicted molar refractivity (Wildman–Crippen MR) is 105 cm³/mol. The maximum atomic E-state index is 13.5. The standard InChI is InChI=1S/C21H36O2Si/c1-9-11-17-15-16-12-14-20(17,6)21(13-10-2,18(16)22)23-24(7,8)19(3,4)5/h9-10,16-17H,1-2,11-15H2,3-8H3/t16-,17-,20+,21-/m1/s1. The van der Waals surface area contributed by atoms with Gasteiger partial charge < -0.3 is 4.43 Å². The molecule has 0 amide bonds. The van der Waals surface area contributed by atoms with Crippen LogP contribution in [0.1, 0.15) is 59.8 Å². The number of hydrogen-bond acceptors (Lipinski definition) is 2. The van der Waals surface area contributed by atoms with Crippen LogP contribution in [-0.2, 0) is 9.22 Å². The minimum Gasteiger partial charge on any atom is -0.403 e. The molecular formula is C21H36O2Si. The highest BCUT2D eigenvalue weighted by Gasteiger charge is 2.66. The van der Waals surface area contributed by atoms with Crippen molar-refractivity contribution in [3.05, 3.63) is 25.3 Å². The van der Waals surface area contributed by atoms with Crippen LogP contribution in [0.3, 0.4) is 0 Å². The molecule has 0 unspecified atom stereocenters. The number of hydrogen-bond donors (Lipinski definition) is 0. The molecule has 24 heavy (non-hydrogen) atoms. The van der Waals surface area contributed by atoms with Gasteiger partial charge in [-0.15, -0.1) is 13.2 Å². The molecule has 4 atom stereocenters. The quantitative estimate of drug-likeness (QED) is 0.441. The summed E-state index contributed by atoms with van der Waals surface area (Å²) in [6, 6.07) is 0. The topological polar surface area (TPSA) is 26.3 Å². The maximum Gasteiger partial charge on any atom is 0.193 e. The second kappa shape index (κ2) is 6.24. The monoisotopic (exact) mass is 348 g/mol. The molecule has 0 aromatic rings. The first-order valence-corrected chi connectivity index (χ1v) is 12.3. The van der Waals surface area contributed by atoms with Crippen LogP contribution in [-0.4, -0.2) is 19.7 Å². The zero-order valence-corrected chi connectivity index (χ0v) is 17.6. The Bertz CT molecular complexity index is 530. The van der Waals surface area contributed by atoms with Crippen molar-refractivity contribution in [3.63, 3.8) is 0 Å². The molecule has 136 valence electrons. The van der Waals surface area contributed by atoms with Crippen molar-refractivity contribution in [2.24, 2.45) is 17.3 Å². The van der Waals surface area contributed by atoms with E-state index in [2.05, 4.69) is 53.9 Å². The molecule has 0 spiro atoms. The molecule has 3 aliphatic rings. The molecule has 0 aliphatic heterocycles. The number of allylic oxidation sites excluding steroid dienone is 1. The molecular weight excluding hydrogens is 312 g/mol. The fourth-order valence-electron chi connectivity index (χ4n) is 4.67. The van der Waals surface area contributed by atoms with Crippen molar-refractivity contribution in [2.45, 2.75) is 83.5 Å².